The Morgan fingerprint density at radius 3 is 2.65 bits per heavy atom. The summed E-state index contributed by atoms with van der Waals surface area (Å²) >= 11 is 0. The summed E-state index contributed by atoms with van der Waals surface area (Å²) in [7, 11) is 3.43. The van der Waals surface area contributed by atoms with Gasteiger partial charge in [0.15, 0.2) is 5.96 Å². The topological polar surface area (TPSA) is 75.2 Å². The third-order valence-electron chi connectivity index (χ3n) is 4.88. The number of ether oxygens (including phenoxy) is 2. The van der Waals surface area contributed by atoms with Crippen LogP contribution in [0.1, 0.15) is 28.8 Å². The maximum atomic E-state index is 11.6. The molecule has 0 saturated carbocycles. The summed E-state index contributed by atoms with van der Waals surface area (Å²) in [4.78, 5) is 18.3. The molecule has 26 heavy (non-hydrogen) atoms. The average molecular weight is 360 g/mol. The van der Waals surface area contributed by atoms with E-state index in [1.807, 2.05) is 24.3 Å². The van der Waals surface area contributed by atoms with Gasteiger partial charge in [0.1, 0.15) is 6.10 Å². The van der Waals surface area contributed by atoms with Crippen LogP contribution in [0, 0.1) is 0 Å². The van der Waals surface area contributed by atoms with Crippen molar-refractivity contribution in [2.45, 2.75) is 31.6 Å². The minimum Gasteiger partial charge on any atom is -0.375 e. The van der Waals surface area contributed by atoms with Crippen LogP contribution in [0.4, 0.5) is 0 Å². The van der Waals surface area contributed by atoms with Crippen molar-refractivity contribution in [3.05, 3.63) is 35.4 Å². The lowest BCUT2D eigenvalue weighted by molar-refractivity contribution is -0.0817. The molecule has 0 spiro atoms. The lowest BCUT2D eigenvalue weighted by Crippen LogP contribution is -2.53. The third-order valence-corrected chi connectivity index (χ3v) is 4.88. The van der Waals surface area contributed by atoms with Crippen molar-refractivity contribution in [2.75, 3.05) is 40.4 Å². The highest BCUT2D eigenvalue weighted by molar-refractivity contribution is 5.93. The Balaban J connectivity index is 1.54. The maximum absolute atomic E-state index is 11.6. The minimum absolute atomic E-state index is 0.0752. The maximum Gasteiger partial charge on any atom is 0.251 e. The monoisotopic (exact) mass is 360 g/mol. The fraction of sp³-hybridized carbons (Fsp3) is 0.579. The predicted octanol–water partition coefficient (Wildman–Crippen LogP) is 1.00. The van der Waals surface area contributed by atoms with Gasteiger partial charge in [0.2, 0.25) is 0 Å². The molecular weight excluding hydrogens is 332 g/mol. The van der Waals surface area contributed by atoms with E-state index >= 15 is 0 Å². The van der Waals surface area contributed by atoms with Crippen LogP contribution in [-0.4, -0.2) is 69.4 Å². The van der Waals surface area contributed by atoms with Crippen LogP contribution in [0.25, 0.3) is 0 Å². The quantitative estimate of drug-likeness (QED) is 0.619. The normalized spacial score (nSPS) is 23.8. The molecule has 2 fully saturated rings. The third kappa shape index (κ3) is 4.53. The van der Waals surface area contributed by atoms with E-state index in [4.69, 9.17) is 9.47 Å². The molecule has 0 aromatic heterocycles. The number of aliphatic imine (C=N–C) groups is 1. The Hall–Kier alpha value is -2.12. The molecule has 2 saturated heterocycles. The number of amides is 1. The second-order valence-corrected chi connectivity index (χ2v) is 6.58. The van der Waals surface area contributed by atoms with Crippen LogP contribution < -0.4 is 10.6 Å². The van der Waals surface area contributed by atoms with Gasteiger partial charge in [-0.2, -0.15) is 0 Å². The van der Waals surface area contributed by atoms with Gasteiger partial charge in [-0.25, -0.2) is 0 Å². The van der Waals surface area contributed by atoms with Gasteiger partial charge in [-0.05, 0) is 30.5 Å². The highest BCUT2D eigenvalue weighted by atomic mass is 16.5. The van der Waals surface area contributed by atoms with E-state index < -0.39 is 0 Å². The second kappa shape index (κ2) is 9.00. The largest absolute Gasteiger partial charge is 0.375 e. The van der Waals surface area contributed by atoms with Crippen molar-refractivity contribution in [1.29, 1.82) is 0 Å². The fourth-order valence-corrected chi connectivity index (χ4v) is 3.42. The van der Waals surface area contributed by atoms with Crippen LogP contribution in [0.5, 0.6) is 0 Å². The van der Waals surface area contributed by atoms with E-state index in [9.17, 15) is 4.79 Å². The standard InChI is InChI=1S/C19H28N4O3/c1-20-18(24)15-7-5-14(6-8-15)12-22-19(21-2)23-9-11-26-17(13-23)16-4-3-10-25-16/h5-8,16-17H,3-4,9-13H2,1-2H3,(H,20,24)(H,21,22). The molecule has 1 amide bonds. The smallest absolute Gasteiger partial charge is 0.251 e. The molecule has 2 aliphatic heterocycles. The number of nitrogens with one attached hydrogen (secondary N) is 2. The zero-order valence-electron chi connectivity index (χ0n) is 15.5. The summed E-state index contributed by atoms with van der Waals surface area (Å²) in [6.45, 7) is 3.79. The van der Waals surface area contributed by atoms with Crippen LogP contribution in [0.3, 0.4) is 0 Å². The summed E-state index contributed by atoms with van der Waals surface area (Å²) in [5, 5.41) is 6.04. The molecular formula is C19H28N4O3. The van der Waals surface area contributed by atoms with Gasteiger partial charge >= 0.3 is 0 Å². The first-order valence-electron chi connectivity index (χ1n) is 9.21. The molecule has 2 N–H and O–H groups in total. The minimum atomic E-state index is -0.0752. The summed E-state index contributed by atoms with van der Waals surface area (Å²) in [5.41, 5.74) is 1.76. The number of morpholine rings is 1. The first-order valence-corrected chi connectivity index (χ1v) is 9.21. The Morgan fingerprint density at radius 2 is 2.00 bits per heavy atom. The van der Waals surface area contributed by atoms with E-state index in [1.54, 1.807) is 14.1 Å². The highest BCUT2D eigenvalue weighted by Gasteiger charge is 2.32. The van der Waals surface area contributed by atoms with E-state index in [-0.39, 0.29) is 18.1 Å². The van der Waals surface area contributed by atoms with Crippen molar-refractivity contribution >= 4 is 11.9 Å². The molecule has 2 aliphatic rings. The zero-order valence-corrected chi connectivity index (χ0v) is 15.5. The molecule has 1 aromatic carbocycles. The molecule has 0 bridgehead atoms. The van der Waals surface area contributed by atoms with Crippen molar-refractivity contribution in [3.8, 4) is 0 Å². The Morgan fingerprint density at radius 1 is 1.23 bits per heavy atom. The van der Waals surface area contributed by atoms with E-state index in [2.05, 4.69) is 20.5 Å². The van der Waals surface area contributed by atoms with Gasteiger partial charge in [-0.3, -0.25) is 9.79 Å². The molecule has 142 valence electrons. The number of hydrogen-bond acceptors (Lipinski definition) is 4. The average Bonchev–Trinajstić information content (AvgIpc) is 3.23. The first kappa shape index (κ1) is 18.7. The number of nitrogens with zero attached hydrogens (tertiary/aromatic N) is 2. The number of guanidine groups is 1. The van der Waals surface area contributed by atoms with Gasteiger partial charge in [0.05, 0.1) is 12.7 Å². The van der Waals surface area contributed by atoms with Crippen LogP contribution >= 0.6 is 0 Å². The van der Waals surface area contributed by atoms with Gasteiger partial charge in [-0.15, -0.1) is 0 Å². The molecule has 0 radical (unpaired) electrons. The number of rotatable bonds is 4. The van der Waals surface area contributed by atoms with Crippen LogP contribution in [-0.2, 0) is 16.0 Å². The van der Waals surface area contributed by atoms with Crippen molar-refractivity contribution in [2.24, 2.45) is 4.99 Å². The van der Waals surface area contributed by atoms with Gasteiger partial charge in [0, 0.05) is 45.9 Å². The molecule has 1 aromatic rings. The van der Waals surface area contributed by atoms with Crippen LogP contribution in [0.2, 0.25) is 0 Å². The molecule has 7 heteroatoms. The van der Waals surface area contributed by atoms with E-state index in [0.717, 1.165) is 44.1 Å². The number of carbonyl (C=O) groups is 1. The van der Waals surface area contributed by atoms with Gasteiger partial charge in [0.25, 0.3) is 5.91 Å². The first-order chi connectivity index (χ1) is 12.7. The molecule has 2 atom stereocenters. The second-order valence-electron chi connectivity index (χ2n) is 6.58. The lowest BCUT2D eigenvalue weighted by atomic mass is 10.1. The molecule has 0 aliphatic carbocycles. The molecule has 7 nitrogen and oxygen atoms in total. The van der Waals surface area contributed by atoms with Crippen molar-refractivity contribution in [3.63, 3.8) is 0 Å². The van der Waals surface area contributed by atoms with Crippen molar-refractivity contribution < 1.29 is 14.3 Å². The highest BCUT2D eigenvalue weighted by Crippen LogP contribution is 2.21. The Kier molecular flexibility index (Phi) is 6.46. The Bertz CT molecular complexity index is 626. The number of benzene rings is 1. The summed E-state index contributed by atoms with van der Waals surface area (Å²) in [5.74, 6) is 0.792. The molecule has 3 rings (SSSR count). The predicted molar refractivity (Wildman–Crippen MR) is 100 cm³/mol. The number of carbonyl (C=O) groups excluding carboxylic acids is 1. The number of hydrogen-bond donors (Lipinski definition) is 2. The summed E-state index contributed by atoms with van der Waals surface area (Å²) in [6.07, 6.45) is 2.50. The SMILES string of the molecule is CN=C(NCc1ccc(C(=O)NC)cc1)N1CCOC(C2CCCO2)C1. The summed E-state index contributed by atoms with van der Waals surface area (Å²) in [6, 6.07) is 7.58. The van der Waals surface area contributed by atoms with Gasteiger partial charge < -0.3 is 25.0 Å². The Labute approximate surface area is 154 Å². The summed E-state index contributed by atoms with van der Waals surface area (Å²) < 4.78 is 11.7. The van der Waals surface area contributed by atoms with Crippen molar-refractivity contribution in [1.82, 2.24) is 15.5 Å². The zero-order chi connectivity index (χ0) is 18.4. The van der Waals surface area contributed by atoms with E-state index in [1.165, 1.54) is 0 Å². The molecule has 2 heterocycles. The molecule has 2 unspecified atom stereocenters. The van der Waals surface area contributed by atoms with Gasteiger partial charge in [-0.1, -0.05) is 12.1 Å². The van der Waals surface area contributed by atoms with Crippen LogP contribution in [0.15, 0.2) is 29.3 Å². The van der Waals surface area contributed by atoms with E-state index in [0.29, 0.717) is 18.7 Å². The lowest BCUT2D eigenvalue weighted by Gasteiger charge is -2.37. The fourth-order valence-electron chi connectivity index (χ4n) is 3.42.